The number of carbonyl (C=O) groups is 1. The third-order valence-electron chi connectivity index (χ3n) is 4.50. The van der Waals surface area contributed by atoms with Crippen LogP contribution in [-0.2, 0) is 19.8 Å². The van der Waals surface area contributed by atoms with Gasteiger partial charge in [-0.05, 0) is 12.1 Å². The molecular formula is C17H15N5O7S. The Labute approximate surface area is 170 Å². The molecule has 0 radical (unpaired) electrons. The van der Waals surface area contributed by atoms with E-state index in [1.165, 1.54) is 29.4 Å². The summed E-state index contributed by atoms with van der Waals surface area (Å²) < 4.78 is 35.2. The van der Waals surface area contributed by atoms with Crippen LogP contribution in [0.2, 0.25) is 0 Å². The molecule has 3 aromatic rings. The fourth-order valence-electron chi connectivity index (χ4n) is 3.05. The van der Waals surface area contributed by atoms with Gasteiger partial charge < -0.3 is 25.4 Å². The normalized spacial score (nSPS) is 23.4. The van der Waals surface area contributed by atoms with Gasteiger partial charge >= 0.3 is 5.97 Å². The number of rotatable bonds is 3. The van der Waals surface area contributed by atoms with E-state index in [1.807, 2.05) is 0 Å². The van der Waals surface area contributed by atoms with Crippen molar-refractivity contribution in [3.8, 4) is 0 Å². The van der Waals surface area contributed by atoms with Crippen LogP contribution >= 0.6 is 0 Å². The van der Waals surface area contributed by atoms with Crippen molar-refractivity contribution in [1.29, 1.82) is 0 Å². The van der Waals surface area contributed by atoms with Crippen LogP contribution in [0.1, 0.15) is 16.6 Å². The molecule has 12 nitrogen and oxygen atoms in total. The molecule has 13 heteroatoms. The molecule has 4 atom stereocenters. The maximum atomic E-state index is 12.3. The van der Waals surface area contributed by atoms with Gasteiger partial charge in [0.1, 0.15) is 24.1 Å². The molecule has 1 aromatic carbocycles. The molecule has 0 spiro atoms. The number of aliphatic hydroxyl groups excluding tert-OH is 2. The van der Waals surface area contributed by atoms with Crippen LogP contribution in [0.15, 0.2) is 43.0 Å². The molecule has 4 N–H and O–H groups in total. The van der Waals surface area contributed by atoms with Gasteiger partial charge in [-0.2, -0.15) is 8.42 Å². The largest absolute Gasteiger partial charge is 0.408 e. The van der Waals surface area contributed by atoms with Crippen LogP contribution in [0.3, 0.4) is 0 Å². The van der Waals surface area contributed by atoms with Crippen molar-refractivity contribution >= 4 is 38.3 Å². The molecule has 0 amide bonds. The lowest BCUT2D eigenvalue weighted by Gasteiger charge is -2.16. The molecule has 0 bridgehead atoms. The predicted molar refractivity (Wildman–Crippen MR) is 101 cm³/mol. The Kier molecular flexibility index (Phi) is 5.17. The number of hydrogen-bond donors (Lipinski definition) is 3. The van der Waals surface area contributed by atoms with E-state index in [2.05, 4.69) is 15.0 Å². The van der Waals surface area contributed by atoms with Crippen molar-refractivity contribution < 1.29 is 32.9 Å². The number of imidazole rings is 1. The summed E-state index contributed by atoms with van der Waals surface area (Å²) in [7, 11) is -3.06. The summed E-state index contributed by atoms with van der Waals surface area (Å²) in [5.41, 5.74) is 6.26. The smallest absolute Gasteiger partial charge is 0.344 e. The Morgan fingerprint density at radius 1 is 1.13 bits per heavy atom. The third kappa shape index (κ3) is 3.39. The maximum absolute atomic E-state index is 12.3. The molecule has 156 valence electrons. The lowest BCUT2D eigenvalue weighted by atomic mass is 10.1. The number of benzene rings is 1. The highest BCUT2D eigenvalue weighted by Gasteiger charge is 2.48. The van der Waals surface area contributed by atoms with Crippen LogP contribution < -0.4 is 5.73 Å². The molecule has 3 heterocycles. The molecule has 0 saturated carbocycles. The molecule has 0 aliphatic carbocycles. The number of nitrogen functional groups attached to an aromatic ring is 1. The number of hydrogen-bond acceptors (Lipinski definition) is 11. The Morgan fingerprint density at radius 3 is 2.57 bits per heavy atom. The van der Waals surface area contributed by atoms with Gasteiger partial charge in [0.25, 0.3) is 15.3 Å². The van der Waals surface area contributed by atoms with E-state index >= 15 is 0 Å². The Hall–Kier alpha value is -3.39. The fraction of sp³-hybridized carbons (Fsp3) is 0.235. The first kappa shape index (κ1) is 19.9. The van der Waals surface area contributed by atoms with Crippen molar-refractivity contribution in [3.63, 3.8) is 0 Å². The van der Waals surface area contributed by atoms with Crippen molar-refractivity contribution in [2.75, 3.05) is 5.73 Å². The van der Waals surface area contributed by atoms with Crippen molar-refractivity contribution in [1.82, 2.24) is 19.5 Å². The number of nitrogens with zero attached hydrogens (tertiary/aromatic N) is 4. The van der Waals surface area contributed by atoms with Gasteiger partial charge in [-0.1, -0.05) is 18.2 Å². The molecule has 30 heavy (non-hydrogen) atoms. The Morgan fingerprint density at radius 2 is 1.87 bits per heavy atom. The fourth-order valence-corrected chi connectivity index (χ4v) is 3.58. The van der Waals surface area contributed by atoms with Gasteiger partial charge in [0.05, 0.1) is 11.9 Å². The number of fused-ring (bicyclic) bond motifs is 1. The average Bonchev–Trinajstić information content (AvgIpc) is 3.29. The molecule has 1 saturated heterocycles. The summed E-state index contributed by atoms with van der Waals surface area (Å²) in [5.74, 6) is -0.870. The zero-order chi connectivity index (χ0) is 21.4. The number of aromatic nitrogens is 4. The van der Waals surface area contributed by atoms with E-state index in [-0.39, 0.29) is 22.5 Å². The van der Waals surface area contributed by atoms with Crippen LogP contribution in [-0.4, -0.2) is 67.5 Å². The summed E-state index contributed by atoms with van der Waals surface area (Å²) in [6.45, 7) is 0. The van der Waals surface area contributed by atoms with E-state index in [0.29, 0.717) is 0 Å². The summed E-state index contributed by atoms with van der Waals surface area (Å²) in [5, 5.41) is 20.0. The van der Waals surface area contributed by atoms with Crippen LogP contribution in [0.25, 0.3) is 11.2 Å². The number of esters is 1. The second-order valence-corrected chi connectivity index (χ2v) is 7.19. The third-order valence-corrected chi connectivity index (χ3v) is 5.14. The minimum absolute atomic E-state index is 0.0908. The first-order valence-corrected chi connectivity index (χ1v) is 9.64. The molecular weight excluding hydrogens is 418 g/mol. The minimum Gasteiger partial charge on any atom is -0.408 e. The minimum atomic E-state index is -3.06. The lowest BCUT2D eigenvalue weighted by molar-refractivity contribution is -0.0237. The highest BCUT2D eigenvalue weighted by molar-refractivity contribution is 7.72. The van der Waals surface area contributed by atoms with Gasteiger partial charge in [0, 0.05) is 0 Å². The Balaban J connectivity index is 1.65. The summed E-state index contributed by atoms with van der Waals surface area (Å²) in [6, 6.07) is 7.67. The number of carbonyl (C=O) groups excluding carboxylic acids is 1. The number of aliphatic hydroxyl groups is 2. The van der Waals surface area contributed by atoms with Gasteiger partial charge in [-0.25, -0.2) is 19.7 Å². The number of anilines is 1. The summed E-state index contributed by atoms with van der Waals surface area (Å²) in [4.78, 5) is 24.1. The average molecular weight is 433 g/mol. The van der Waals surface area contributed by atoms with E-state index < -0.39 is 45.9 Å². The zero-order valence-electron chi connectivity index (χ0n) is 15.1. The molecule has 0 unspecified atom stereocenters. The van der Waals surface area contributed by atoms with Crippen LogP contribution in [0.5, 0.6) is 0 Å². The second-order valence-electron chi connectivity index (χ2n) is 6.32. The monoisotopic (exact) mass is 433 g/mol. The summed E-state index contributed by atoms with van der Waals surface area (Å²) in [6.07, 6.45) is -3.80. The van der Waals surface area contributed by atoms with Crippen molar-refractivity contribution in [3.05, 3.63) is 48.5 Å². The quantitative estimate of drug-likeness (QED) is 0.337. The van der Waals surface area contributed by atoms with Crippen LogP contribution in [0.4, 0.5) is 5.82 Å². The van der Waals surface area contributed by atoms with Crippen molar-refractivity contribution in [2.24, 2.45) is 0 Å². The number of nitrogens with two attached hydrogens (primary N) is 1. The second kappa shape index (κ2) is 7.79. The summed E-state index contributed by atoms with van der Waals surface area (Å²) >= 11 is 0. The Bertz CT molecular complexity index is 1240. The highest BCUT2D eigenvalue weighted by Crippen LogP contribution is 2.32. The topological polar surface area (TPSA) is 180 Å². The lowest BCUT2D eigenvalue weighted by Crippen LogP contribution is -2.38. The standard InChI is InChI=1S/C17H15N5O7S/c18-13-9-14(20-6-19-13)22(7-21-9)15-11(24)10(23)12(28-15)17(30(26)27)29-16(25)8-4-2-1-3-5-8/h1-7,10-12,15,23-24H,(H2,18,19,20)/t10-,11+,12-,15+/m0/s1. The van der Waals surface area contributed by atoms with E-state index in [9.17, 15) is 23.4 Å². The zero-order valence-corrected chi connectivity index (χ0v) is 15.9. The van der Waals surface area contributed by atoms with E-state index in [1.54, 1.807) is 18.2 Å². The molecule has 1 aliphatic heterocycles. The molecule has 4 rings (SSSR count). The van der Waals surface area contributed by atoms with E-state index in [4.69, 9.17) is 15.2 Å². The van der Waals surface area contributed by atoms with Crippen LogP contribution in [0, 0.1) is 0 Å². The molecule has 2 aromatic heterocycles. The SMILES string of the molecule is Nc1ncnc2c1ncn2[C@@H]1O[C@H](C(OC(=O)c2ccccc2)=S(=O)=O)[C@@H](O)[C@H]1O. The first-order valence-electron chi connectivity index (χ1n) is 8.56. The number of ether oxygens (including phenoxy) is 2. The van der Waals surface area contributed by atoms with Gasteiger partial charge in [-0.15, -0.1) is 0 Å². The van der Waals surface area contributed by atoms with Crippen molar-refractivity contribution in [2.45, 2.75) is 24.5 Å². The highest BCUT2D eigenvalue weighted by atomic mass is 32.2. The maximum Gasteiger partial charge on any atom is 0.344 e. The first-order chi connectivity index (χ1) is 14.4. The predicted octanol–water partition coefficient (Wildman–Crippen LogP) is -1.11. The van der Waals surface area contributed by atoms with Gasteiger partial charge in [0.15, 0.2) is 23.8 Å². The van der Waals surface area contributed by atoms with Gasteiger partial charge in [0.2, 0.25) is 0 Å². The molecule has 1 aliphatic rings. The molecule has 1 fully saturated rings. The van der Waals surface area contributed by atoms with Gasteiger partial charge in [-0.3, -0.25) is 4.57 Å². The van der Waals surface area contributed by atoms with E-state index in [0.717, 1.165) is 0 Å².